The van der Waals surface area contributed by atoms with E-state index < -0.39 is 17.9 Å². The highest BCUT2D eigenvalue weighted by atomic mass is 16.5. The number of nitrogens with zero attached hydrogens (tertiary/aromatic N) is 3. The minimum Gasteiger partial charge on any atom is -0.491 e. The number of ether oxygens (including phenoxy) is 1. The predicted molar refractivity (Wildman–Crippen MR) is 160 cm³/mol. The van der Waals surface area contributed by atoms with Gasteiger partial charge < -0.3 is 25.6 Å². The average molecular weight is 587 g/mol. The third kappa shape index (κ3) is 9.35. The molecule has 2 aromatic carbocycles. The number of amides is 4. The van der Waals surface area contributed by atoms with Crippen molar-refractivity contribution < 1.29 is 23.9 Å². The van der Waals surface area contributed by atoms with E-state index >= 15 is 0 Å². The molecule has 2 heterocycles. The van der Waals surface area contributed by atoms with Gasteiger partial charge in [-0.3, -0.25) is 29.1 Å². The smallest absolute Gasteiger partial charge is 0.255 e. The maximum Gasteiger partial charge on any atom is 0.255 e. The lowest BCUT2D eigenvalue weighted by Gasteiger charge is -2.26. The number of para-hydroxylation sites is 1. The first-order valence-corrected chi connectivity index (χ1v) is 14.5. The molecule has 43 heavy (non-hydrogen) atoms. The number of hydrogen-bond donors (Lipinski definition) is 3. The van der Waals surface area contributed by atoms with Crippen molar-refractivity contribution >= 4 is 23.6 Å². The van der Waals surface area contributed by atoms with Crippen LogP contribution in [0.3, 0.4) is 0 Å². The quantitative estimate of drug-likeness (QED) is 0.386. The van der Waals surface area contributed by atoms with Gasteiger partial charge in [-0.1, -0.05) is 56.3 Å². The van der Waals surface area contributed by atoms with Crippen LogP contribution in [0.25, 0.3) is 0 Å². The summed E-state index contributed by atoms with van der Waals surface area (Å²) in [6.07, 6.45) is 5.19. The van der Waals surface area contributed by atoms with Crippen molar-refractivity contribution in [3.63, 3.8) is 0 Å². The van der Waals surface area contributed by atoms with Crippen LogP contribution in [-0.2, 0) is 27.3 Å². The number of carbonyl (C=O) groups excluding carboxylic acids is 4. The second-order valence-electron chi connectivity index (χ2n) is 10.8. The topological polar surface area (TPSA) is 143 Å². The molecule has 4 amide bonds. The van der Waals surface area contributed by atoms with Crippen LogP contribution >= 0.6 is 0 Å². The summed E-state index contributed by atoms with van der Waals surface area (Å²) in [6, 6.07) is 14.8. The summed E-state index contributed by atoms with van der Waals surface area (Å²) in [6.45, 7) is 4.38. The van der Waals surface area contributed by atoms with Gasteiger partial charge in [-0.25, -0.2) is 0 Å². The Morgan fingerprint density at radius 2 is 1.81 bits per heavy atom. The van der Waals surface area contributed by atoms with Gasteiger partial charge in [0.15, 0.2) is 0 Å². The van der Waals surface area contributed by atoms with E-state index in [0.29, 0.717) is 17.9 Å². The number of benzene rings is 2. The highest BCUT2D eigenvalue weighted by Gasteiger charge is 2.27. The second kappa shape index (κ2) is 15.4. The molecule has 4 rings (SSSR count). The molecular formula is C32H38N6O5. The molecular weight excluding hydrogens is 548 g/mol. The standard InChI is InChI=1S/C32H38N6O5/c1-22(2)27-21-43-28-11-7-6-10-25(28)31(41)37-26(32(42)35-15-14-24-18-33-16-17-34-24)12-13-30(40)38(20-29(39)36-27)19-23-8-4-3-5-9-23/h3-11,16-18,22,26-27H,12-15,19-21H2,1-2H3,(H,35,42)(H,36,39)(H,37,41)/t26-,27-/m0/s1. The van der Waals surface area contributed by atoms with Crippen molar-refractivity contribution in [2.24, 2.45) is 5.92 Å². The number of rotatable bonds is 7. The fraction of sp³-hybridized carbons (Fsp3) is 0.375. The molecule has 11 heteroatoms. The van der Waals surface area contributed by atoms with E-state index in [-0.39, 0.29) is 68.4 Å². The monoisotopic (exact) mass is 586 g/mol. The molecule has 0 bridgehead atoms. The third-order valence-electron chi connectivity index (χ3n) is 7.17. The van der Waals surface area contributed by atoms with Crippen molar-refractivity contribution in [3.8, 4) is 5.75 Å². The zero-order chi connectivity index (χ0) is 30.6. The van der Waals surface area contributed by atoms with Crippen molar-refractivity contribution in [2.45, 2.75) is 51.7 Å². The maximum atomic E-state index is 13.5. The molecule has 0 saturated carbocycles. The molecule has 0 saturated heterocycles. The van der Waals surface area contributed by atoms with Gasteiger partial charge in [0.25, 0.3) is 5.91 Å². The molecule has 0 radical (unpaired) electrons. The number of nitrogens with one attached hydrogen (secondary N) is 3. The third-order valence-corrected chi connectivity index (χ3v) is 7.17. The van der Waals surface area contributed by atoms with Crippen LogP contribution in [-0.4, -0.2) is 70.3 Å². The molecule has 1 aliphatic heterocycles. The van der Waals surface area contributed by atoms with Crippen molar-refractivity contribution in [1.82, 2.24) is 30.8 Å². The number of fused-ring (bicyclic) bond motifs is 1. The molecule has 0 spiro atoms. The highest BCUT2D eigenvalue weighted by Crippen LogP contribution is 2.20. The molecule has 1 aliphatic rings. The van der Waals surface area contributed by atoms with Gasteiger partial charge in [0.1, 0.15) is 18.4 Å². The van der Waals surface area contributed by atoms with Gasteiger partial charge in [-0.15, -0.1) is 0 Å². The van der Waals surface area contributed by atoms with E-state index in [1.54, 1.807) is 42.9 Å². The molecule has 0 unspecified atom stereocenters. The molecule has 0 fully saturated rings. The second-order valence-corrected chi connectivity index (χ2v) is 10.8. The van der Waals surface area contributed by atoms with Gasteiger partial charge in [-0.2, -0.15) is 0 Å². The molecule has 1 aromatic heterocycles. The van der Waals surface area contributed by atoms with E-state index in [1.807, 2.05) is 44.2 Å². The first-order valence-electron chi connectivity index (χ1n) is 14.5. The van der Waals surface area contributed by atoms with E-state index in [4.69, 9.17) is 4.74 Å². The van der Waals surface area contributed by atoms with Crippen LogP contribution < -0.4 is 20.7 Å². The molecule has 0 aliphatic carbocycles. The van der Waals surface area contributed by atoms with Crippen molar-refractivity contribution in [2.75, 3.05) is 19.7 Å². The predicted octanol–water partition coefficient (Wildman–Crippen LogP) is 2.28. The van der Waals surface area contributed by atoms with E-state index in [0.717, 1.165) is 5.56 Å². The fourth-order valence-corrected chi connectivity index (χ4v) is 4.65. The van der Waals surface area contributed by atoms with Crippen LogP contribution in [0.1, 0.15) is 48.3 Å². The van der Waals surface area contributed by atoms with E-state index in [2.05, 4.69) is 25.9 Å². The van der Waals surface area contributed by atoms with Crippen LogP contribution in [0.2, 0.25) is 0 Å². The Labute approximate surface area is 251 Å². The maximum absolute atomic E-state index is 13.5. The number of hydrogen-bond acceptors (Lipinski definition) is 7. The Morgan fingerprint density at radius 1 is 1.05 bits per heavy atom. The normalized spacial score (nSPS) is 18.4. The zero-order valence-electron chi connectivity index (χ0n) is 24.5. The van der Waals surface area contributed by atoms with Crippen LogP contribution in [0, 0.1) is 5.92 Å². The van der Waals surface area contributed by atoms with E-state index in [9.17, 15) is 19.2 Å². The Morgan fingerprint density at radius 3 is 2.56 bits per heavy atom. The fourth-order valence-electron chi connectivity index (χ4n) is 4.65. The lowest BCUT2D eigenvalue weighted by molar-refractivity contribution is -0.137. The molecule has 226 valence electrons. The summed E-state index contributed by atoms with van der Waals surface area (Å²) in [5.74, 6) is -1.20. The minimum atomic E-state index is -1.01. The molecule has 3 aromatic rings. The number of carbonyl (C=O) groups is 4. The molecule has 3 N–H and O–H groups in total. The molecule has 11 nitrogen and oxygen atoms in total. The number of aromatic nitrogens is 2. The lowest BCUT2D eigenvalue weighted by atomic mass is 10.1. The summed E-state index contributed by atoms with van der Waals surface area (Å²) in [7, 11) is 0. The van der Waals surface area contributed by atoms with Gasteiger partial charge in [-0.05, 0) is 30.0 Å². The Balaban J connectivity index is 1.58. The summed E-state index contributed by atoms with van der Waals surface area (Å²) in [5, 5.41) is 8.64. The van der Waals surface area contributed by atoms with Gasteiger partial charge in [0, 0.05) is 44.5 Å². The van der Waals surface area contributed by atoms with E-state index in [1.165, 1.54) is 4.90 Å². The minimum absolute atomic E-state index is 0.0221. The SMILES string of the molecule is CC(C)[C@@H]1COc2ccccc2C(=O)N[C@H](C(=O)NCCc2cnccn2)CCC(=O)N(Cc2ccccc2)CC(=O)N1. The van der Waals surface area contributed by atoms with Crippen molar-refractivity contribution in [1.29, 1.82) is 0 Å². The summed E-state index contributed by atoms with van der Waals surface area (Å²) in [4.78, 5) is 63.2. The first-order chi connectivity index (χ1) is 20.8. The highest BCUT2D eigenvalue weighted by molar-refractivity contribution is 5.99. The summed E-state index contributed by atoms with van der Waals surface area (Å²) < 4.78 is 6.04. The Hall–Kier alpha value is -4.80. The van der Waals surface area contributed by atoms with Crippen LogP contribution in [0.15, 0.2) is 73.2 Å². The van der Waals surface area contributed by atoms with Crippen LogP contribution in [0.4, 0.5) is 0 Å². The van der Waals surface area contributed by atoms with Gasteiger partial charge >= 0.3 is 0 Å². The zero-order valence-corrected chi connectivity index (χ0v) is 24.5. The van der Waals surface area contributed by atoms with Gasteiger partial charge in [0.05, 0.1) is 23.8 Å². The van der Waals surface area contributed by atoms with Crippen molar-refractivity contribution in [3.05, 3.63) is 90.0 Å². The molecule has 2 atom stereocenters. The summed E-state index contributed by atoms with van der Waals surface area (Å²) >= 11 is 0. The van der Waals surface area contributed by atoms with Crippen LogP contribution in [0.5, 0.6) is 5.75 Å². The van der Waals surface area contributed by atoms with Gasteiger partial charge in [0.2, 0.25) is 17.7 Å². The average Bonchev–Trinajstić information content (AvgIpc) is 3.01. The lowest BCUT2D eigenvalue weighted by Crippen LogP contribution is -2.48. The first kappa shape index (κ1) is 31.1. The summed E-state index contributed by atoms with van der Waals surface area (Å²) in [5.41, 5.74) is 1.83. The Bertz CT molecular complexity index is 1390. The largest absolute Gasteiger partial charge is 0.491 e. The Kier molecular flexibility index (Phi) is 11.2.